The standard InChI is InChI=1S/C11H14N2O3/c1-6-4-8(11(15)16)5-9(12-6)13-10(14)7-2-3-7/h5,7-8H,2-4H2,1H3,(H,13,14)(H,15,16). The Labute approximate surface area is 93.2 Å². The predicted octanol–water partition coefficient (Wildman–Crippen LogP) is 0.919. The maximum Gasteiger partial charge on any atom is 0.310 e. The highest BCUT2D eigenvalue weighted by molar-refractivity contribution is 5.90. The number of hydrogen-bond acceptors (Lipinski definition) is 3. The molecule has 1 aliphatic heterocycles. The third-order valence-electron chi connectivity index (χ3n) is 2.70. The maximum atomic E-state index is 11.5. The fourth-order valence-electron chi connectivity index (χ4n) is 1.66. The van der Waals surface area contributed by atoms with Gasteiger partial charge in [0.1, 0.15) is 5.82 Å². The molecule has 86 valence electrons. The van der Waals surface area contributed by atoms with Gasteiger partial charge in [0.15, 0.2) is 0 Å². The molecule has 5 nitrogen and oxygen atoms in total. The van der Waals surface area contributed by atoms with E-state index >= 15 is 0 Å². The summed E-state index contributed by atoms with van der Waals surface area (Å²) in [5.74, 6) is -1.03. The molecule has 0 aromatic carbocycles. The second kappa shape index (κ2) is 4.08. The minimum Gasteiger partial charge on any atom is -0.481 e. The number of aliphatic imine (C=N–C) groups is 1. The first-order valence-electron chi connectivity index (χ1n) is 5.36. The quantitative estimate of drug-likeness (QED) is 0.745. The molecule has 1 saturated carbocycles. The molecule has 5 heteroatoms. The summed E-state index contributed by atoms with van der Waals surface area (Å²) in [4.78, 5) is 26.5. The van der Waals surface area contributed by atoms with Crippen LogP contribution in [0.1, 0.15) is 26.2 Å². The number of carbonyl (C=O) groups is 2. The Morgan fingerprint density at radius 1 is 1.50 bits per heavy atom. The smallest absolute Gasteiger partial charge is 0.310 e. The summed E-state index contributed by atoms with van der Waals surface area (Å²) in [6.07, 6.45) is 3.77. The van der Waals surface area contributed by atoms with Gasteiger partial charge in [-0.05, 0) is 25.8 Å². The Hall–Kier alpha value is -1.65. The van der Waals surface area contributed by atoms with E-state index in [0.29, 0.717) is 12.2 Å². The predicted molar refractivity (Wildman–Crippen MR) is 57.8 cm³/mol. The molecule has 0 radical (unpaired) electrons. The summed E-state index contributed by atoms with van der Waals surface area (Å²) >= 11 is 0. The monoisotopic (exact) mass is 222 g/mol. The Morgan fingerprint density at radius 2 is 2.19 bits per heavy atom. The molecule has 1 fully saturated rings. The van der Waals surface area contributed by atoms with Crippen LogP contribution < -0.4 is 5.32 Å². The number of nitrogens with zero attached hydrogens (tertiary/aromatic N) is 1. The lowest BCUT2D eigenvalue weighted by molar-refractivity contribution is -0.140. The van der Waals surface area contributed by atoms with Gasteiger partial charge in [0, 0.05) is 18.1 Å². The SMILES string of the molecule is CC1=NC(NC(=O)C2CC2)=CC(C(=O)O)C1. The van der Waals surface area contributed by atoms with Crippen molar-refractivity contribution in [2.75, 3.05) is 0 Å². The van der Waals surface area contributed by atoms with Crippen molar-refractivity contribution in [2.24, 2.45) is 16.8 Å². The van der Waals surface area contributed by atoms with Crippen LogP contribution in [0.3, 0.4) is 0 Å². The van der Waals surface area contributed by atoms with Crippen LogP contribution in [0, 0.1) is 11.8 Å². The zero-order chi connectivity index (χ0) is 11.7. The van der Waals surface area contributed by atoms with Gasteiger partial charge in [-0.15, -0.1) is 0 Å². The average Bonchev–Trinajstić information content (AvgIpc) is 2.99. The van der Waals surface area contributed by atoms with Crippen molar-refractivity contribution in [1.29, 1.82) is 0 Å². The number of amides is 1. The van der Waals surface area contributed by atoms with Crippen molar-refractivity contribution in [2.45, 2.75) is 26.2 Å². The summed E-state index contributed by atoms with van der Waals surface area (Å²) in [6.45, 7) is 1.77. The topological polar surface area (TPSA) is 78.8 Å². The fraction of sp³-hybridized carbons (Fsp3) is 0.545. The normalized spacial score (nSPS) is 24.4. The van der Waals surface area contributed by atoms with E-state index < -0.39 is 11.9 Å². The largest absolute Gasteiger partial charge is 0.481 e. The van der Waals surface area contributed by atoms with Crippen molar-refractivity contribution in [3.05, 3.63) is 11.9 Å². The Morgan fingerprint density at radius 3 is 2.75 bits per heavy atom. The van der Waals surface area contributed by atoms with Gasteiger partial charge in [0.2, 0.25) is 5.91 Å². The highest BCUT2D eigenvalue weighted by Gasteiger charge is 2.31. The maximum absolute atomic E-state index is 11.5. The van der Waals surface area contributed by atoms with Crippen molar-refractivity contribution in [3.8, 4) is 0 Å². The molecule has 1 atom stereocenters. The Balaban J connectivity index is 2.05. The molecule has 2 aliphatic rings. The number of aliphatic carboxylic acids is 1. The van der Waals surface area contributed by atoms with Crippen LogP contribution in [0.2, 0.25) is 0 Å². The molecule has 2 N–H and O–H groups in total. The highest BCUT2D eigenvalue weighted by Crippen LogP contribution is 2.29. The van der Waals surface area contributed by atoms with E-state index in [1.165, 1.54) is 6.08 Å². The number of rotatable bonds is 3. The zero-order valence-corrected chi connectivity index (χ0v) is 9.06. The summed E-state index contributed by atoms with van der Waals surface area (Å²) in [5.41, 5.74) is 0.737. The molecular formula is C11H14N2O3. The molecule has 0 saturated heterocycles. The summed E-state index contributed by atoms with van der Waals surface area (Å²) < 4.78 is 0. The zero-order valence-electron chi connectivity index (χ0n) is 9.06. The minimum atomic E-state index is -0.882. The number of carboxylic acid groups (broad SMARTS) is 1. The molecule has 16 heavy (non-hydrogen) atoms. The van der Waals surface area contributed by atoms with Crippen LogP contribution >= 0.6 is 0 Å². The lowest BCUT2D eigenvalue weighted by Gasteiger charge is -2.16. The number of nitrogens with one attached hydrogen (secondary N) is 1. The summed E-state index contributed by atoms with van der Waals surface area (Å²) in [6, 6.07) is 0. The van der Waals surface area contributed by atoms with Gasteiger partial charge < -0.3 is 10.4 Å². The first-order chi connectivity index (χ1) is 7.56. The van der Waals surface area contributed by atoms with Crippen LogP contribution in [0.5, 0.6) is 0 Å². The second-order valence-electron chi connectivity index (χ2n) is 4.31. The van der Waals surface area contributed by atoms with E-state index in [-0.39, 0.29) is 11.8 Å². The van der Waals surface area contributed by atoms with E-state index in [4.69, 9.17) is 5.11 Å². The molecule has 0 bridgehead atoms. The van der Waals surface area contributed by atoms with Gasteiger partial charge in [-0.3, -0.25) is 9.59 Å². The molecule has 1 amide bonds. The van der Waals surface area contributed by atoms with E-state index in [1.54, 1.807) is 6.92 Å². The molecule has 1 unspecified atom stereocenters. The van der Waals surface area contributed by atoms with Gasteiger partial charge in [0.05, 0.1) is 5.92 Å². The lowest BCUT2D eigenvalue weighted by Crippen LogP contribution is -2.28. The van der Waals surface area contributed by atoms with Gasteiger partial charge in [-0.25, -0.2) is 4.99 Å². The van der Waals surface area contributed by atoms with E-state index in [1.807, 2.05) is 0 Å². The third kappa shape index (κ3) is 2.48. The molecular weight excluding hydrogens is 208 g/mol. The molecule has 1 heterocycles. The minimum absolute atomic E-state index is 0.0474. The van der Waals surface area contributed by atoms with Crippen LogP contribution in [0.15, 0.2) is 16.9 Å². The highest BCUT2D eigenvalue weighted by atomic mass is 16.4. The van der Waals surface area contributed by atoms with Crippen LogP contribution in [0.4, 0.5) is 0 Å². The molecule has 0 spiro atoms. The van der Waals surface area contributed by atoms with Gasteiger partial charge in [0.25, 0.3) is 0 Å². The van der Waals surface area contributed by atoms with E-state index in [0.717, 1.165) is 18.6 Å². The number of carbonyl (C=O) groups excluding carboxylic acids is 1. The van der Waals surface area contributed by atoms with Gasteiger partial charge >= 0.3 is 5.97 Å². The van der Waals surface area contributed by atoms with Crippen LogP contribution in [0.25, 0.3) is 0 Å². The summed E-state index contributed by atoms with van der Waals surface area (Å²) in [5, 5.41) is 11.6. The van der Waals surface area contributed by atoms with E-state index in [2.05, 4.69) is 10.3 Å². The van der Waals surface area contributed by atoms with E-state index in [9.17, 15) is 9.59 Å². The molecule has 0 aromatic heterocycles. The van der Waals surface area contributed by atoms with Gasteiger partial charge in [-0.1, -0.05) is 0 Å². The first-order valence-corrected chi connectivity index (χ1v) is 5.36. The third-order valence-corrected chi connectivity index (χ3v) is 2.70. The lowest BCUT2D eigenvalue weighted by atomic mass is 10.0. The molecule has 2 rings (SSSR count). The second-order valence-corrected chi connectivity index (χ2v) is 4.31. The van der Waals surface area contributed by atoms with Crippen molar-refractivity contribution in [1.82, 2.24) is 5.32 Å². The Bertz CT molecular complexity index is 394. The fourth-order valence-corrected chi connectivity index (χ4v) is 1.66. The van der Waals surface area contributed by atoms with Gasteiger partial charge in [-0.2, -0.15) is 0 Å². The van der Waals surface area contributed by atoms with Crippen molar-refractivity contribution in [3.63, 3.8) is 0 Å². The van der Waals surface area contributed by atoms with Crippen molar-refractivity contribution >= 4 is 17.6 Å². The summed E-state index contributed by atoms with van der Waals surface area (Å²) in [7, 11) is 0. The van der Waals surface area contributed by atoms with Crippen LogP contribution in [-0.4, -0.2) is 22.7 Å². The Kier molecular flexibility index (Phi) is 2.77. The molecule has 0 aromatic rings. The number of carboxylic acids is 1. The first kappa shape index (κ1) is 10.9. The van der Waals surface area contributed by atoms with Crippen LogP contribution in [-0.2, 0) is 9.59 Å². The number of hydrogen-bond donors (Lipinski definition) is 2. The van der Waals surface area contributed by atoms with Crippen molar-refractivity contribution < 1.29 is 14.7 Å². The average molecular weight is 222 g/mol. The molecule has 1 aliphatic carbocycles.